The molecule has 2 aromatic rings. The van der Waals surface area contributed by atoms with Crippen LogP contribution in [0.4, 0.5) is 11.4 Å². The van der Waals surface area contributed by atoms with Crippen LogP contribution in [-0.4, -0.2) is 58.2 Å². The number of rotatable bonds is 4. The summed E-state index contributed by atoms with van der Waals surface area (Å²) in [4.78, 5) is 19.0. The van der Waals surface area contributed by atoms with Crippen molar-refractivity contribution in [2.24, 2.45) is 0 Å². The number of benzene rings is 2. The maximum Gasteiger partial charge on any atom is 0.254 e. The summed E-state index contributed by atoms with van der Waals surface area (Å²) in [5.74, 6) is 0.963. The lowest BCUT2D eigenvalue weighted by Crippen LogP contribution is -2.48. The third kappa shape index (κ3) is 3.87. The van der Waals surface area contributed by atoms with Crippen molar-refractivity contribution < 1.29 is 9.53 Å². The second kappa shape index (κ2) is 7.47. The van der Waals surface area contributed by atoms with E-state index in [0.29, 0.717) is 0 Å². The van der Waals surface area contributed by atoms with Crippen molar-refractivity contribution in [1.82, 2.24) is 4.90 Å². The van der Waals surface area contributed by atoms with E-state index in [1.807, 2.05) is 66.4 Å². The van der Waals surface area contributed by atoms with Crippen LogP contribution in [0.15, 0.2) is 48.5 Å². The summed E-state index contributed by atoms with van der Waals surface area (Å²) in [6.45, 7) is 3.10. The number of hydrogen-bond donors (Lipinski definition) is 0. The molecule has 1 amide bonds. The smallest absolute Gasteiger partial charge is 0.254 e. The van der Waals surface area contributed by atoms with Gasteiger partial charge in [-0.1, -0.05) is 12.1 Å². The van der Waals surface area contributed by atoms with Gasteiger partial charge in [-0.25, -0.2) is 0 Å². The minimum absolute atomic E-state index is 0.106. The minimum atomic E-state index is 0.106. The van der Waals surface area contributed by atoms with Gasteiger partial charge in [-0.05, 0) is 30.3 Å². The Morgan fingerprint density at radius 1 is 1.00 bits per heavy atom. The molecule has 0 radical (unpaired) electrons. The molecule has 5 heteroatoms. The van der Waals surface area contributed by atoms with Gasteiger partial charge in [-0.3, -0.25) is 4.79 Å². The average Bonchev–Trinajstić information content (AvgIpc) is 2.67. The summed E-state index contributed by atoms with van der Waals surface area (Å²) in [6.07, 6.45) is 0. The van der Waals surface area contributed by atoms with Gasteiger partial charge in [0.15, 0.2) is 0 Å². The van der Waals surface area contributed by atoms with Crippen LogP contribution >= 0.6 is 0 Å². The van der Waals surface area contributed by atoms with Gasteiger partial charge in [-0.15, -0.1) is 0 Å². The molecule has 132 valence electrons. The molecule has 0 saturated carbocycles. The van der Waals surface area contributed by atoms with E-state index >= 15 is 0 Å². The van der Waals surface area contributed by atoms with Gasteiger partial charge in [-0.2, -0.15) is 0 Å². The molecule has 0 spiro atoms. The van der Waals surface area contributed by atoms with E-state index in [-0.39, 0.29) is 5.91 Å². The highest BCUT2D eigenvalue weighted by Crippen LogP contribution is 2.23. The number of amides is 1. The lowest BCUT2D eigenvalue weighted by Gasteiger charge is -2.36. The van der Waals surface area contributed by atoms with Crippen molar-refractivity contribution in [1.29, 1.82) is 0 Å². The van der Waals surface area contributed by atoms with Crippen LogP contribution in [-0.2, 0) is 0 Å². The fourth-order valence-corrected chi connectivity index (χ4v) is 3.07. The molecule has 0 aromatic heterocycles. The van der Waals surface area contributed by atoms with E-state index in [0.717, 1.165) is 48.9 Å². The molecule has 2 aromatic carbocycles. The Balaban J connectivity index is 1.65. The van der Waals surface area contributed by atoms with Crippen molar-refractivity contribution in [3.05, 3.63) is 54.1 Å². The summed E-state index contributed by atoms with van der Waals surface area (Å²) in [6, 6.07) is 15.9. The zero-order valence-electron chi connectivity index (χ0n) is 15.1. The summed E-state index contributed by atoms with van der Waals surface area (Å²) in [7, 11) is 5.64. The fourth-order valence-electron chi connectivity index (χ4n) is 3.07. The first-order valence-corrected chi connectivity index (χ1v) is 8.54. The lowest BCUT2D eigenvalue weighted by molar-refractivity contribution is 0.0747. The molecule has 3 rings (SSSR count). The zero-order chi connectivity index (χ0) is 17.8. The van der Waals surface area contributed by atoms with E-state index < -0.39 is 0 Å². The normalized spacial score (nSPS) is 14.4. The Morgan fingerprint density at radius 2 is 1.72 bits per heavy atom. The average molecular weight is 339 g/mol. The molecule has 0 unspecified atom stereocenters. The zero-order valence-corrected chi connectivity index (χ0v) is 15.1. The summed E-state index contributed by atoms with van der Waals surface area (Å²) >= 11 is 0. The Morgan fingerprint density at radius 3 is 2.40 bits per heavy atom. The number of piperazine rings is 1. The monoisotopic (exact) mass is 339 g/mol. The highest BCUT2D eigenvalue weighted by atomic mass is 16.5. The Hall–Kier alpha value is -2.69. The lowest BCUT2D eigenvalue weighted by atomic mass is 10.1. The molecule has 1 saturated heterocycles. The SMILES string of the molecule is COc1cccc(N2CCN(C(=O)c3cccc(N(C)C)c3)CC2)c1. The van der Waals surface area contributed by atoms with Gasteiger partial charge < -0.3 is 19.4 Å². The van der Waals surface area contributed by atoms with Gasteiger partial charge in [0.25, 0.3) is 5.91 Å². The highest BCUT2D eigenvalue weighted by Gasteiger charge is 2.22. The minimum Gasteiger partial charge on any atom is -0.497 e. The van der Waals surface area contributed by atoms with Gasteiger partial charge in [0.2, 0.25) is 0 Å². The van der Waals surface area contributed by atoms with Crippen LogP contribution in [0, 0.1) is 0 Å². The van der Waals surface area contributed by atoms with Crippen molar-refractivity contribution >= 4 is 17.3 Å². The number of carbonyl (C=O) groups excluding carboxylic acids is 1. The van der Waals surface area contributed by atoms with Crippen LogP contribution in [0.5, 0.6) is 5.75 Å². The van der Waals surface area contributed by atoms with Gasteiger partial charge in [0.05, 0.1) is 7.11 Å². The molecule has 0 bridgehead atoms. The van der Waals surface area contributed by atoms with E-state index in [9.17, 15) is 4.79 Å². The van der Waals surface area contributed by atoms with Gasteiger partial charge in [0.1, 0.15) is 5.75 Å². The molecular weight excluding hydrogens is 314 g/mol. The van der Waals surface area contributed by atoms with E-state index in [2.05, 4.69) is 11.0 Å². The molecule has 5 nitrogen and oxygen atoms in total. The first-order valence-electron chi connectivity index (χ1n) is 8.54. The van der Waals surface area contributed by atoms with Crippen molar-refractivity contribution in [2.45, 2.75) is 0 Å². The standard InChI is InChI=1S/C20H25N3O2/c1-21(2)17-7-4-6-16(14-17)20(24)23-12-10-22(11-13-23)18-8-5-9-19(15-18)25-3/h4-9,14-15H,10-13H2,1-3H3. The molecule has 0 atom stereocenters. The van der Waals surface area contributed by atoms with Crippen LogP contribution in [0.3, 0.4) is 0 Å². The second-order valence-electron chi connectivity index (χ2n) is 6.43. The predicted molar refractivity (Wildman–Crippen MR) is 102 cm³/mol. The number of ether oxygens (including phenoxy) is 1. The number of methoxy groups -OCH3 is 1. The topological polar surface area (TPSA) is 36.0 Å². The Bertz CT molecular complexity index is 737. The summed E-state index contributed by atoms with van der Waals surface area (Å²) < 4.78 is 5.30. The third-order valence-electron chi connectivity index (χ3n) is 4.59. The van der Waals surface area contributed by atoms with Crippen LogP contribution in [0.25, 0.3) is 0 Å². The first kappa shape index (κ1) is 17.1. The fraction of sp³-hybridized carbons (Fsp3) is 0.350. The number of anilines is 2. The molecule has 1 fully saturated rings. The number of carbonyl (C=O) groups is 1. The van der Waals surface area contributed by atoms with E-state index in [1.54, 1.807) is 7.11 Å². The second-order valence-corrected chi connectivity index (χ2v) is 6.43. The van der Waals surface area contributed by atoms with Crippen molar-refractivity contribution in [3.63, 3.8) is 0 Å². The number of nitrogens with zero attached hydrogens (tertiary/aromatic N) is 3. The first-order chi connectivity index (χ1) is 12.1. The number of hydrogen-bond acceptors (Lipinski definition) is 4. The van der Waals surface area contributed by atoms with Crippen molar-refractivity contribution in [2.75, 3.05) is 57.2 Å². The molecule has 25 heavy (non-hydrogen) atoms. The quantitative estimate of drug-likeness (QED) is 0.858. The predicted octanol–water partition coefficient (Wildman–Crippen LogP) is 2.72. The molecular formula is C20H25N3O2. The third-order valence-corrected chi connectivity index (χ3v) is 4.59. The molecule has 1 aliphatic heterocycles. The summed E-state index contributed by atoms with van der Waals surface area (Å²) in [5.41, 5.74) is 2.93. The van der Waals surface area contributed by atoms with Crippen LogP contribution in [0.1, 0.15) is 10.4 Å². The van der Waals surface area contributed by atoms with Crippen LogP contribution in [0.2, 0.25) is 0 Å². The molecule has 1 heterocycles. The van der Waals surface area contributed by atoms with E-state index in [4.69, 9.17) is 4.74 Å². The molecule has 0 N–H and O–H groups in total. The molecule has 0 aliphatic carbocycles. The largest absolute Gasteiger partial charge is 0.497 e. The molecule has 1 aliphatic rings. The van der Waals surface area contributed by atoms with E-state index in [1.165, 1.54) is 0 Å². The maximum atomic E-state index is 12.8. The summed E-state index contributed by atoms with van der Waals surface area (Å²) in [5, 5.41) is 0. The Labute approximate surface area is 149 Å². The Kier molecular flexibility index (Phi) is 5.12. The maximum absolute atomic E-state index is 12.8. The van der Waals surface area contributed by atoms with Gasteiger partial charge >= 0.3 is 0 Å². The highest BCUT2D eigenvalue weighted by molar-refractivity contribution is 5.95. The van der Waals surface area contributed by atoms with Crippen molar-refractivity contribution in [3.8, 4) is 5.75 Å². The van der Waals surface area contributed by atoms with Gasteiger partial charge in [0, 0.05) is 63.3 Å². The van der Waals surface area contributed by atoms with Crippen LogP contribution < -0.4 is 14.5 Å².